The Kier molecular flexibility index (Phi) is 5.38. The molecule has 20 heavy (non-hydrogen) atoms. The van der Waals surface area contributed by atoms with Crippen molar-refractivity contribution in [3.8, 4) is 5.75 Å². The SMILES string of the molecule is COc1ccc(NC(=O)CNCC2CCCN2C)cc1. The zero-order valence-corrected chi connectivity index (χ0v) is 12.2. The minimum Gasteiger partial charge on any atom is -0.497 e. The Morgan fingerprint density at radius 3 is 2.75 bits per heavy atom. The summed E-state index contributed by atoms with van der Waals surface area (Å²) in [5, 5.41) is 6.08. The van der Waals surface area contributed by atoms with Crippen molar-refractivity contribution < 1.29 is 9.53 Å². The second-order valence-electron chi connectivity index (χ2n) is 5.18. The first-order valence-corrected chi connectivity index (χ1v) is 7.04. The maximum Gasteiger partial charge on any atom is 0.238 e. The van der Waals surface area contributed by atoms with E-state index >= 15 is 0 Å². The number of carbonyl (C=O) groups excluding carboxylic acids is 1. The lowest BCUT2D eigenvalue weighted by molar-refractivity contribution is -0.115. The molecule has 2 N–H and O–H groups in total. The van der Waals surface area contributed by atoms with Gasteiger partial charge in [-0.25, -0.2) is 0 Å². The number of nitrogens with one attached hydrogen (secondary N) is 2. The highest BCUT2D eigenvalue weighted by molar-refractivity contribution is 5.92. The zero-order valence-electron chi connectivity index (χ0n) is 12.2. The summed E-state index contributed by atoms with van der Waals surface area (Å²) in [4.78, 5) is 14.1. The Morgan fingerprint density at radius 2 is 2.15 bits per heavy atom. The van der Waals surface area contributed by atoms with Gasteiger partial charge in [0.1, 0.15) is 5.75 Å². The molecule has 1 unspecified atom stereocenters. The van der Waals surface area contributed by atoms with Crippen LogP contribution in [0.4, 0.5) is 5.69 Å². The van der Waals surface area contributed by atoms with Gasteiger partial charge in [0.05, 0.1) is 13.7 Å². The van der Waals surface area contributed by atoms with Crippen molar-refractivity contribution in [1.82, 2.24) is 10.2 Å². The van der Waals surface area contributed by atoms with Crippen LogP contribution >= 0.6 is 0 Å². The highest BCUT2D eigenvalue weighted by Gasteiger charge is 2.20. The number of likely N-dealkylation sites (tertiary alicyclic amines) is 1. The molecule has 0 aliphatic carbocycles. The van der Waals surface area contributed by atoms with Crippen LogP contribution in [0.15, 0.2) is 24.3 Å². The van der Waals surface area contributed by atoms with E-state index in [4.69, 9.17) is 4.74 Å². The Balaban J connectivity index is 1.69. The van der Waals surface area contributed by atoms with Crippen LogP contribution in [0.25, 0.3) is 0 Å². The van der Waals surface area contributed by atoms with E-state index in [0.29, 0.717) is 12.6 Å². The van der Waals surface area contributed by atoms with Crippen molar-refractivity contribution in [2.24, 2.45) is 0 Å². The van der Waals surface area contributed by atoms with E-state index in [-0.39, 0.29) is 5.91 Å². The molecule has 1 aromatic carbocycles. The van der Waals surface area contributed by atoms with Gasteiger partial charge in [-0.3, -0.25) is 4.79 Å². The van der Waals surface area contributed by atoms with Gasteiger partial charge < -0.3 is 20.3 Å². The highest BCUT2D eigenvalue weighted by atomic mass is 16.5. The first-order chi connectivity index (χ1) is 9.69. The van der Waals surface area contributed by atoms with Crippen molar-refractivity contribution in [1.29, 1.82) is 0 Å². The number of methoxy groups -OCH3 is 1. The van der Waals surface area contributed by atoms with E-state index in [0.717, 1.165) is 24.5 Å². The summed E-state index contributed by atoms with van der Waals surface area (Å²) < 4.78 is 5.08. The van der Waals surface area contributed by atoms with E-state index in [1.54, 1.807) is 7.11 Å². The molecule has 1 fully saturated rings. The van der Waals surface area contributed by atoms with Crippen LogP contribution in [0, 0.1) is 0 Å². The summed E-state index contributed by atoms with van der Waals surface area (Å²) in [5.74, 6) is 0.765. The van der Waals surface area contributed by atoms with Crippen LogP contribution in [0.2, 0.25) is 0 Å². The Bertz CT molecular complexity index is 433. The molecule has 1 heterocycles. The third kappa shape index (κ3) is 4.21. The second kappa shape index (κ2) is 7.26. The lowest BCUT2D eigenvalue weighted by Crippen LogP contribution is -2.38. The van der Waals surface area contributed by atoms with E-state index in [1.807, 2.05) is 24.3 Å². The highest BCUT2D eigenvalue weighted by Crippen LogP contribution is 2.15. The fourth-order valence-electron chi connectivity index (χ4n) is 2.47. The van der Waals surface area contributed by atoms with Gasteiger partial charge in [0.15, 0.2) is 0 Å². The Labute approximate surface area is 120 Å². The van der Waals surface area contributed by atoms with Gasteiger partial charge in [0.25, 0.3) is 0 Å². The van der Waals surface area contributed by atoms with Crippen molar-refractivity contribution >= 4 is 11.6 Å². The minimum atomic E-state index is -0.0178. The zero-order chi connectivity index (χ0) is 14.4. The summed E-state index contributed by atoms with van der Waals surface area (Å²) in [7, 11) is 3.76. The molecule has 0 spiro atoms. The summed E-state index contributed by atoms with van der Waals surface area (Å²) in [6.45, 7) is 2.37. The fraction of sp³-hybridized carbons (Fsp3) is 0.533. The number of nitrogens with zero attached hydrogens (tertiary/aromatic N) is 1. The standard InChI is InChI=1S/C15H23N3O2/c1-18-9-3-4-13(18)10-16-11-15(19)17-12-5-7-14(20-2)8-6-12/h5-8,13,16H,3-4,9-11H2,1-2H3,(H,17,19). The van der Waals surface area contributed by atoms with Crippen LogP contribution in [-0.2, 0) is 4.79 Å². The third-order valence-electron chi connectivity index (χ3n) is 3.71. The molecule has 0 saturated carbocycles. The number of hydrogen-bond donors (Lipinski definition) is 2. The average molecular weight is 277 g/mol. The predicted octanol–water partition coefficient (Wildman–Crippen LogP) is 1.32. The first-order valence-electron chi connectivity index (χ1n) is 7.04. The molecule has 1 aliphatic heterocycles. The molecule has 1 atom stereocenters. The molecule has 0 bridgehead atoms. The number of rotatable bonds is 6. The molecule has 2 rings (SSSR count). The van der Waals surface area contributed by atoms with Crippen LogP contribution < -0.4 is 15.4 Å². The number of hydrogen-bond acceptors (Lipinski definition) is 4. The van der Waals surface area contributed by atoms with Gasteiger partial charge in [0, 0.05) is 18.3 Å². The van der Waals surface area contributed by atoms with Gasteiger partial charge in [-0.1, -0.05) is 0 Å². The van der Waals surface area contributed by atoms with Crippen molar-refractivity contribution in [3.05, 3.63) is 24.3 Å². The van der Waals surface area contributed by atoms with Crippen LogP contribution in [0.5, 0.6) is 5.75 Å². The van der Waals surface area contributed by atoms with E-state index in [1.165, 1.54) is 12.8 Å². The molecule has 1 saturated heterocycles. The van der Waals surface area contributed by atoms with Gasteiger partial charge in [-0.05, 0) is 50.7 Å². The first kappa shape index (κ1) is 14.8. The molecule has 110 valence electrons. The normalized spacial score (nSPS) is 19.0. The fourth-order valence-corrected chi connectivity index (χ4v) is 2.47. The molecule has 5 nitrogen and oxygen atoms in total. The minimum absolute atomic E-state index is 0.0178. The Hall–Kier alpha value is -1.59. The molecule has 0 aromatic heterocycles. The van der Waals surface area contributed by atoms with Crippen molar-refractivity contribution in [2.45, 2.75) is 18.9 Å². The van der Waals surface area contributed by atoms with Gasteiger partial charge in [0.2, 0.25) is 5.91 Å². The predicted molar refractivity (Wildman–Crippen MR) is 80.1 cm³/mol. The number of ether oxygens (including phenoxy) is 1. The monoisotopic (exact) mass is 277 g/mol. The lowest BCUT2D eigenvalue weighted by Gasteiger charge is -2.19. The second-order valence-corrected chi connectivity index (χ2v) is 5.18. The van der Waals surface area contributed by atoms with Crippen molar-refractivity contribution in [2.75, 3.05) is 39.1 Å². The van der Waals surface area contributed by atoms with E-state index in [9.17, 15) is 4.79 Å². The number of likely N-dealkylation sites (N-methyl/N-ethyl adjacent to an activating group) is 1. The third-order valence-corrected chi connectivity index (χ3v) is 3.71. The summed E-state index contributed by atoms with van der Waals surface area (Å²) in [5.41, 5.74) is 0.788. The molecule has 1 aromatic rings. The molecule has 5 heteroatoms. The van der Waals surface area contributed by atoms with Gasteiger partial charge in [-0.15, -0.1) is 0 Å². The lowest BCUT2D eigenvalue weighted by atomic mass is 10.2. The number of anilines is 1. The molecular weight excluding hydrogens is 254 g/mol. The van der Waals surface area contributed by atoms with Gasteiger partial charge >= 0.3 is 0 Å². The number of amides is 1. The van der Waals surface area contributed by atoms with Crippen molar-refractivity contribution in [3.63, 3.8) is 0 Å². The smallest absolute Gasteiger partial charge is 0.238 e. The molecule has 0 radical (unpaired) electrons. The topological polar surface area (TPSA) is 53.6 Å². The molecule has 1 amide bonds. The maximum absolute atomic E-state index is 11.8. The quantitative estimate of drug-likeness (QED) is 0.823. The van der Waals surface area contributed by atoms with E-state index in [2.05, 4.69) is 22.6 Å². The molecule has 1 aliphatic rings. The van der Waals surface area contributed by atoms with Crippen LogP contribution in [0.1, 0.15) is 12.8 Å². The van der Waals surface area contributed by atoms with E-state index < -0.39 is 0 Å². The molecular formula is C15H23N3O2. The van der Waals surface area contributed by atoms with Crippen LogP contribution in [-0.4, -0.2) is 50.6 Å². The summed E-state index contributed by atoms with van der Waals surface area (Å²) in [6.07, 6.45) is 2.46. The van der Waals surface area contributed by atoms with Crippen LogP contribution in [0.3, 0.4) is 0 Å². The van der Waals surface area contributed by atoms with Gasteiger partial charge in [-0.2, -0.15) is 0 Å². The summed E-state index contributed by atoms with van der Waals surface area (Å²) >= 11 is 0. The average Bonchev–Trinajstić information content (AvgIpc) is 2.85. The number of carbonyl (C=O) groups is 1. The maximum atomic E-state index is 11.8. The number of benzene rings is 1. The summed E-state index contributed by atoms with van der Waals surface area (Å²) in [6, 6.07) is 7.89. The largest absolute Gasteiger partial charge is 0.497 e. The Morgan fingerprint density at radius 1 is 1.40 bits per heavy atom.